The lowest BCUT2D eigenvalue weighted by molar-refractivity contribution is 0.466. The van der Waals surface area contributed by atoms with E-state index in [0.717, 1.165) is 0 Å². The number of aromatic nitrogens is 4. The number of aromatic amines is 1. The monoisotopic (exact) mass is 273 g/mol. The van der Waals surface area contributed by atoms with Crippen LogP contribution in [-0.4, -0.2) is 26.5 Å². The third kappa shape index (κ3) is 2.37. The number of rotatable bonds is 4. The third-order valence-electron chi connectivity index (χ3n) is 2.62. The third-order valence-corrected chi connectivity index (χ3v) is 2.62. The van der Waals surface area contributed by atoms with Crippen LogP contribution in [0.2, 0.25) is 0 Å². The lowest BCUT2D eigenvalue weighted by Gasteiger charge is -2.07. The molecule has 1 aromatic carbocycles. The van der Waals surface area contributed by atoms with Crippen molar-refractivity contribution in [3.63, 3.8) is 0 Å². The van der Waals surface area contributed by atoms with Crippen LogP contribution < -0.4 is 10.1 Å². The van der Waals surface area contributed by atoms with E-state index in [1.54, 1.807) is 0 Å². The highest BCUT2D eigenvalue weighted by molar-refractivity contribution is 5.77. The maximum Gasteiger partial charge on any atom is 0.250 e. The van der Waals surface area contributed by atoms with Crippen molar-refractivity contribution in [2.45, 2.75) is 6.92 Å². The summed E-state index contributed by atoms with van der Waals surface area (Å²) in [6, 6.07) is 5.72. The molecule has 6 nitrogen and oxygen atoms in total. The van der Waals surface area contributed by atoms with E-state index in [9.17, 15) is 4.39 Å². The molecule has 0 saturated carbocycles. The molecule has 102 valence electrons. The number of benzene rings is 1. The second-order valence-electron chi connectivity index (χ2n) is 4.04. The van der Waals surface area contributed by atoms with Gasteiger partial charge in [0.2, 0.25) is 5.95 Å². The Labute approximate surface area is 114 Å². The van der Waals surface area contributed by atoms with E-state index in [0.29, 0.717) is 35.3 Å². The van der Waals surface area contributed by atoms with E-state index in [1.807, 2.05) is 6.92 Å². The van der Waals surface area contributed by atoms with Crippen LogP contribution in [0, 0.1) is 5.82 Å². The van der Waals surface area contributed by atoms with Crippen LogP contribution in [0.1, 0.15) is 6.92 Å². The minimum absolute atomic E-state index is 0.319. The molecule has 20 heavy (non-hydrogen) atoms. The lowest BCUT2D eigenvalue weighted by atomic mass is 10.3. The molecule has 0 fully saturated rings. The van der Waals surface area contributed by atoms with Gasteiger partial charge in [-0.3, -0.25) is 0 Å². The summed E-state index contributed by atoms with van der Waals surface area (Å²) in [5, 5.41) is 3.01. The van der Waals surface area contributed by atoms with Crippen LogP contribution >= 0.6 is 0 Å². The molecule has 0 aliphatic heterocycles. The average molecular weight is 273 g/mol. The van der Waals surface area contributed by atoms with Crippen molar-refractivity contribution >= 4 is 17.1 Å². The standard InChI is InChI=1S/C13H12FN5O/c1-2-15-13-18-11-10(16-7-17-11)12(19-13)20-9-5-3-8(14)4-6-9/h3-7H,2H2,1H3,(H2,15,16,17,18,19). The molecule has 0 bridgehead atoms. The largest absolute Gasteiger partial charge is 0.437 e. The van der Waals surface area contributed by atoms with Gasteiger partial charge in [0.25, 0.3) is 5.88 Å². The predicted molar refractivity (Wildman–Crippen MR) is 72.3 cm³/mol. The fourth-order valence-electron chi connectivity index (χ4n) is 1.73. The number of anilines is 1. The smallest absolute Gasteiger partial charge is 0.250 e. The first kappa shape index (κ1) is 12.3. The Balaban J connectivity index is 2.00. The van der Waals surface area contributed by atoms with Gasteiger partial charge in [-0.2, -0.15) is 9.97 Å². The summed E-state index contributed by atoms with van der Waals surface area (Å²) >= 11 is 0. The van der Waals surface area contributed by atoms with E-state index >= 15 is 0 Å². The first-order valence-corrected chi connectivity index (χ1v) is 6.14. The van der Waals surface area contributed by atoms with E-state index < -0.39 is 0 Å². The SMILES string of the molecule is CCNc1nc(Oc2ccc(F)cc2)c2[nH]cnc2n1. The summed E-state index contributed by atoms with van der Waals surface area (Å²) in [6.45, 7) is 2.63. The second kappa shape index (κ2) is 5.12. The molecule has 0 spiro atoms. The minimum atomic E-state index is -0.319. The maximum absolute atomic E-state index is 12.9. The number of hydrogen-bond donors (Lipinski definition) is 2. The molecule has 0 radical (unpaired) electrons. The summed E-state index contributed by atoms with van der Waals surface area (Å²) in [6.07, 6.45) is 1.52. The lowest BCUT2D eigenvalue weighted by Crippen LogP contribution is -2.03. The number of ether oxygens (including phenoxy) is 1. The number of fused-ring (bicyclic) bond motifs is 1. The van der Waals surface area contributed by atoms with Crippen LogP contribution in [-0.2, 0) is 0 Å². The highest BCUT2D eigenvalue weighted by atomic mass is 19.1. The summed E-state index contributed by atoms with van der Waals surface area (Å²) < 4.78 is 18.5. The van der Waals surface area contributed by atoms with Gasteiger partial charge < -0.3 is 15.0 Å². The Hall–Kier alpha value is -2.70. The van der Waals surface area contributed by atoms with Crippen molar-refractivity contribution in [1.82, 2.24) is 19.9 Å². The quantitative estimate of drug-likeness (QED) is 0.764. The summed E-state index contributed by atoms with van der Waals surface area (Å²) in [5.41, 5.74) is 1.10. The highest BCUT2D eigenvalue weighted by Gasteiger charge is 2.11. The van der Waals surface area contributed by atoms with Crippen molar-refractivity contribution < 1.29 is 9.13 Å². The van der Waals surface area contributed by atoms with Gasteiger partial charge >= 0.3 is 0 Å². The molecule has 2 N–H and O–H groups in total. The second-order valence-corrected chi connectivity index (χ2v) is 4.04. The van der Waals surface area contributed by atoms with Crippen LogP contribution in [0.15, 0.2) is 30.6 Å². The van der Waals surface area contributed by atoms with Crippen molar-refractivity contribution in [2.75, 3.05) is 11.9 Å². The molecule has 0 atom stereocenters. The van der Waals surface area contributed by atoms with Crippen molar-refractivity contribution in [3.05, 3.63) is 36.4 Å². The normalized spacial score (nSPS) is 10.7. The molecule has 2 heterocycles. The molecule has 0 unspecified atom stereocenters. The molecule has 0 aliphatic rings. The van der Waals surface area contributed by atoms with Crippen molar-refractivity contribution in [3.8, 4) is 11.6 Å². The molecular formula is C13H12FN5O. The molecule has 2 aromatic heterocycles. The Morgan fingerprint density at radius 2 is 2.05 bits per heavy atom. The summed E-state index contributed by atoms with van der Waals surface area (Å²) in [4.78, 5) is 15.5. The zero-order valence-corrected chi connectivity index (χ0v) is 10.7. The van der Waals surface area contributed by atoms with Crippen LogP contribution in [0.5, 0.6) is 11.6 Å². The van der Waals surface area contributed by atoms with Gasteiger partial charge in [0, 0.05) is 6.54 Å². The molecule has 0 aliphatic carbocycles. The van der Waals surface area contributed by atoms with Gasteiger partial charge in [-0.05, 0) is 31.2 Å². The Morgan fingerprint density at radius 3 is 2.80 bits per heavy atom. The van der Waals surface area contributed by atoms with Gasteiger partial charge in [-0.25, -0.2) is 9.37 Å². The fourth-order valence-corrected chi connectivity index (χ4v) is 1.73. The zero-order valence-electron chi connectivity index (χ0n) is 10.7. The first-order valence-electron chi connectivity index (χ1n) is 6.14. The minimum Gasteiger partial charge on any atom is -0.437 e. The van der Waals surface area contributed by atoms with Crippen molar-refractivity contribution in [1.29, 1.82) is 0 Å². The van der Waals surface area contributed by atoms with E-state index in [1.165, 1.54) is 30.6 Å². The number of nitrogens with one attached hydrogen (secondary N) is 2. The maximum atomic E-state index is 12.9. The Kier molecular flexibility index (Phi) is 3.16. The molecule has 3 aromatic rings. The van der Waals surface area contributed by atoms with Crippen LogP contribution in [0.4, 0.5) is 10.3 Å². The molecular weight excluding hydrogens is 261 g/mol. The van der Waals surface area contributed by atoms with Gasteiger partial charge in [0.15, 0.2) is 5.65 Å². The number of imidazole rings is 1. The van der Waals surface area contributed by atoms with Gasteiger partial charge in [-0.15, -0.1) is 0 Å². The summed E-state index contributed by atoms with van der Waals surface area (Å²) in [7, 11) is 0. The molecule has 3 rings (SSSR count). The van der Waals surface area contributed by atoms with Gasteiger partial charge in [-0.1, -0.05) is 0 Å². The Morgan fingerprint density at radius 1 is 1.25 bits per heavy atom. The first-order chi connectivity index (χ1) is 9.76. The van der Waals surface area contributed by atoms with Gasteiger partial charge in [0.05, 0.1) is 6.33 Å². The average Bonchev–Trinajstić information content (AvgIpc) is 2.90. The zero-order chi connectivity index (χ0) is 13.9. The predicted octanol–water partition coefficient (Wildman–Crippen LogP) is 2.72. The fraction of sp³-hybridized carbons (Fsp3) is 0.154. The number of hydrogen-bond acceptors (Lipinski definition) is 5. The summed E-state index contributed by atoms with van der Waals surface area (Å²) in [5.74, 6) is 0.947. The van der Waals surface area contributed by atoms with Crippen molar-refractivity contribution in [2.24, 2.45) is 0 Å². The van der Waals surface area contributed by atoms with Crippen LogP contribution in [0.25, 0.3) is 11.2 Å². The number of halogens is 1. The van der Waals surface area contributed by atoms with Crippen LogP contribution in [0.3, 0.4) is 0 Å². The number of H-pyrrole nitrogens is 1. The Bertz CT molecular complexity index is 725. The highest BCUT2D eigenvalue weighted by Crippen LogP contribution is 2.26. The van der Waals surface area contributed by atoms with E-state index in [4.69, 9.17) is 4.74 Å². The number of nitrogens with zero attached hydrogens (tertiary/aromatic N) is 3. The molecule has 0 amide bonds. The topological polar surface area (TPSA) is 75.7 Å². The van der Waals surface area contributed by atoms with E-state index in [-0.39, 0.29) is 5.82 Å². The van der Waals surface area contributed by atoms with Gasteiger partial charge in [0.1, 0.15) is 17.1 Å². The van der Waals surface area contributed by atoms with E-state index in [2.05, 4.69) is 25.3 Å². The molecule has 7 heteroatoms. The molecule has 0 saturated heterocycles.